The van der Waals surface area contributed by atoms with E-state index in [4.69, 9.17) is 9.84 Å². The van der Waals surface area contributed by atoms with E-state index in [0.717, 1.165) is 12.0 Å². The molecule has 112 valence electrons. The average molecular weight is 279 g/mol. The van der Waals surface area contributed by atoms with Crippen LogP contribution < -0.4 is 10.1 Å². The van der Waals surface area contributed by atoms with E-state index in [2.05, 4.69) is 5.32 Å². The topological polar surface area (TPSA) is 58.6 Å². The van der Waals surface area contributed by atoms with Crippen LogP contribution in [0.2, 0.25) is 0 Å². The van der Waals surface area contributed by atoms with E-state index in [0.29, 0.717) is 12.2 Å². The monoisotopic (exact) mass is 279 g/mol. The molecule has 1 amide bonds. The first-order chi connectivity index (χ1) is 9.40. The highest BCUT2D eigenvalue weighted by Gasteiger charge is 2.26. The normalized spacial score (nSPS) is 15.2. The van der Waals surface area contributed by atoms with Crippen molar-refractivity contribution < 1.29 is 14.6 Å². The van der Waals surface area contributed by atoms with Crippen LogP contribution in [0, 0.1) is 6.92 Å². The highest BCUT2D eigenvalue weighted by molar-refractivity contribution is 5.81. The number of aliphatic hydroxyl groups is 1. The molecule has 0 radical (unpaired) electrons. The third kappa shape index (κ3) is 4.85. The summed E-state index contributed by atoms with van der Waals surface area (Å²) in [6.45, 7) is 7.68. The molecule has 0 bridgehead atoms. The summed E-state index contributed by atoms with van der Waals surface area (Å²) in [5.41, 5.74) is 0.699. The lowest BCUT2D eigenvalue weighted by Gasteiger charge is -2.30. The lowest BCUT2D eigenvalue weighted by Crippen LogP contribution is -2.50. The van der Waals surface area contributed by atoms with Gasteiger partial charge in [-0.2, -0.15) is 0 Å². The molecule has 1 rings (SSSR count). The molecule has 0 heterocycles. The molecule has 0 aliphatic heterocycles. The van der Waals surface area contributed by atoms with Crippen LogP contribution in [0.4, 0.5) is 0 Å². The van der Waals surface area contributed by atoms with Gasteiger partial charge in [0.1, 0.15) is 5.75 Å². The van der Waals surface area contributed by atoms with Gasteiger partial charge in [0, 0.05) is 12.1 Å². The number of nitrogens with one attached hydrogen (secondary N) is 1. The number of carbonyl (C=O) groups excluding carboxylic acids is 1. The van der Waals surface area contributed by atoms with Gasteiger partial charge in [0.05, 0.1) is 0 Å². The van der Waals surface area contributed by atoms with Crippen LogP contribution in [0.5, 0.6) is 5.75 Å². The molecule has 4 nitrogen and oxygen atoms in total. The summed E-state index contributed by atoms with van der Waals surface area (Å²) >= 11 is 0. The number of rotatable bonds is 7. The first kappa shape index (κ1) is 16.5. The Bertz CT molecular complexity index is 447. The van der Waals surface area contributed by atoms with Crippen molar-refractivity contribution in [3.05, 3.63) is 29.8 Å². The summed E-state index contributed by atoms with van der Waals surface area (Å²) in [6.07, 6.45) is 0.726. The van der Waals surface area contributed by atoms with E-state index < -0.39 is 11.6 Å². The molecule has 0 saturated carbocycles. The van der Waals surface area contributed by atoms with Crippen LogP contribution in [0.25, 0.3) is 0 Å². The number of amides is 1. The summed E-state index contributed by atoms with van der Waals surface area (Å²) in [5.74, 6) is 0.525. The summed E-state index contributed by atoms with van der Waals surface area (Å²) in [7, 11) is 0. The second kappa shape index (κ2) is 7.29. The van der Waals surface area contributed by atoms with Gasteiger partial charge in [-0.25, -0.2) is 0 Å². The Balaban J connectivity index is 2.63. The Hall–Kier alpha value is -1.55. The molecule has 0 aromatic heterocycles. The van der Waals surface area contributed by atoms with Crippen LogP contribution in [0.15, 0.2) is 24.3 Å². The van der Waals surface area contributed by atoms with Crippen LogP contribution in [0.1, 0.15) is 39.2 Å². The largest absolute Gasteiger partial charge is 0.481 e. The van der Waals surface area contributed by atoms with Gasteiger partial charge >= 0.3 is 0 Å². The number of hydrogen-bond acceptors (Lipinski definition) is 3. The molecule has 2 atom stereocenters. The summed E-state index contributed by atoms with van der Waals surface area (Å²) in [5, 5.41) is 12.0. The van der Waals surface area contributed by atoms with Gasteiger partial charge in [-0.05, 0) is 51.3 Å². The van der Waals surface area contributed by atoms with Crippen molar-refractivity contribution >= 4 is 5.91 Å². The lowest BCUT2D eigenvalue weighted by molar-refractivity contribution is -0.129. The molecule has 0 fully saturated rings. The first-order valence-corrected chi connectivity index (χ1v) is 7.06. The second-order valence-electron chi connectivity index (χ2n) is 5.45. The minimum absolute atomic E-state index is 0.0533. The van der Waals surface area contributed by atoms with E-state index in [9.17, 15) is 4.79 Å². The second-order valence-corrected chi connectivity index (χ2v) is 5.45. The fraction of sp³-hybridized carbons (Fsp3) is 0.562. The molecular formula is C16H25NO3. The van der Waals surface area contributed by atoms with E-state index in [1.807, 2.05) is 45.0 Å². The Morgan fingerprint density at radius 2 is 2.20 bits per heavy atom. The quantitative estimate of drug-likeness (QED) is 0.806. The van der Waals surface area contributed by atoms with Gasteiger partial charge in [-0.3, -0.25) is 4.79 Å². The van der Waals surface area contributed by atoms with Gasteiger partial charge in [0.15, 0.2) is 6.10 Å². The minimum Gasteiger partial charge on any atom is -0.481 e. The molecule has 0 aliphatic carbocycles. The van der Waals surface area contributed by atoms with Crippen molar-refractivity contribution in [1.82, 2.24) is 5.32 Å². The van der Waals surface area contributed by atoms with Crippen LogP contribution in [0.3, 0.4) is 0 Å². The number of carbonyl (C=O) groups is 1. The van der Waals surface area contributed by atoms with E-state index >= 15 is 0 Å². The smallest absolute Gasteiger partial charge is 0.261 e. The fourth-order valence-electron chi connectivity index (χ4n) is 1.92. The Kier molecular flexibility index (Phi) is 6.02. The first-order valence-electron chi connectivity index (χ1n) is 7.06. The van der Waals surface area contributed by atoms with E-state index in [1.54, 1.807) is 6.92 Å². The van der Waals surface area contributed by atoms with Crippen molar-refractivity contribution in [2.45, 2.75) is 52.2 Å². The lowest BCUT2D eigenvalue weighted by atomic mass is 9.94. The zero-order valence-electron chi connectivity index (χ0n) is 12.8. The SMILES string of the molecule is CCC(C)(CCO)NC(=O)C(C)Oc1cccc(C)c1. The van der Waals surface area contributed by atoms with Gasteiger partial charge < -0.3 is 15.2 Å². The summed E-state index contributed by atoms with van der Waals surface area (Å²) < 4.78 is 5.65. The summed E-state index contributed by atoms with van der Waals surface area (Å²) in [6, 6.07) is 7.62. The molecule has 0 aliphatic rings. The molecule has 0 saturated heterocycles. The van der Waals surface area contributed by atoms with Gasteiger partial charge in [-0.15, -0.1) is 0 Å². The number of hydrogen-bond donors (Lipinski definition) is 2. The van der Waals surface area contributed by atoms with Gasteiger partial charge in [0.25, 0.3) is 5.91 Å². The molecule has 20 heavy (non-hydrogen) atoms. The Labute approximate surface area is 121 Å². The average Bonchev–Trinajstić information content (AvgIpc) is 2.38. The third-order valence-corrected chi connectivity index (χ3v) is 3.54. The Morgan fingerprint density at radius 1 is 1.50 bits per heavy atom. The van der Waals surface area contributed by atoms with Crippen molar-refractivity contribution in [3.8, 4) is 5.75 Å². The maximum Gasteiger partial charge on any atom is 0.261 e. The number of benzene rings is 1. The van der Waals surface area contributed by atoms with Gasteiger partial charge in [0.2, 0.25) is 0 Å². The zero-order valence-corrected chi connectivity index (χ0v) is 12.8. The van der Waals surface area contributed by atoms with Crippen LogP contribution in [-0.2, 0) is 4.79 Å². The highest BCUT2D eigenvalue weighted by atomic mass is 16.5. The zero-order chi connectivity index (χ0) is 15.2. The van der Waals surface area contributed by atoms with Crippen molar-refractivity contribution in [3.63, 3.8) is 0 Å². The maximum atomic E-state index is 12.2. The predicted molar refractivity (Wildman–Crippen MR) is 79.8 cm³/mol. The highest BCUT2D eigenvalue weighted by Crippen LogP contribution is 2.17. The van der Waals surface area contributed by atoms with Crippen LogP contribution >= 0.6 is 0 Å². The maximum absolute atomic E-state index is 12.2. The Morgan fingerprint density at radius 3 is 2.75 bits per heavy atom. The van der Waals surface area contributed by atoms with E-state index in [1.165, 1.54) is 0 Å². The molecule has 1 aromatic rings. The van der Waals surface area contributed by atoms with Crippen molar-refractivity contribution in [1.29, 1.82) is 0 Å². The predicted octanol–water partition coefficient (Wildman–Crippen LogP) is 2.43. The molecule has 4 heteroatoms. The summed E-state index contributed by atoms with van der Waals surface area (Å²) in [4.78, 5) is 12.2. The molecular weight excluding hydrogens is 254 g/mol. The third-order valence-electron chi connectivity index (χ3n) is 3.54. The molecule has 2 unspecified atom stereocenters. The van der Waals surface area contributed by atoms with Crippen LogP contribution in [-0.4, -0.2) is 29.3 Å². The number of aliphatic hydroxyl groups excluding tert-OH is 1. The number of ether oxygens (including phenoxy) is 1. The minimum atomic E-state index is -0.568. The number of aryl methyl sites for hydroxylation is 1. The van der Waals surface area contributed by atoms with Crippen molar-refractivity contribution in [2.24, 2.45) is 0 Å². The molecule has 0 spiro atoms. The standard InChI is InChI=1S/C16H25NO3/c1-5-16(4,9-10-18)17-15(19)13(3)20-14-8-6-7-12(2)11-14/h6-8,11,13,18H,5,9-10H2,1-4H3,(H,17,19). The van der Waals surface area contributed by atoms with E-state index in [-0.39, 0.29) is 12.5 Å². The van der Waals surface area contributed by atoms with Gasteiger partial charge in [-0.1, -0.05) is 19.1 Å². The van der Waals surface area contributed by atoms with Crippen molar-refractivity contribution in [2.75, 3.05) is 6.61 Å². The molecule has 2 N–H and O–H groups in total. The molecule has 1 aromatic carbocycles. The fourth-order valence-corrected chi connectivity index (χ4v) is 1.92.